The van der Waals surface area contributed by atoms with Crippen LogP contribution in [0.4, 0.5) is 18.9 Å². The molecule has 0 saturated heterocycles. The third kappa shape index (κ3) is 7.53. The molecule has 0 atom stereocenters. The lowest BCUT2D eigenvalue weighted by molar-refractivity contribution is -0.137. The number of methoxy groups -OCH3 is 1. The Morgan fingerprint density at radius 1 is 0.921 bits per heavy atom. The number of carbonyl (C=O) groups is 2. The van der Waals surface area contributed by atoms with Gasteiger partial charge in [0.25, 0.3) is 0 Å². The third-order valence-electron chi connectivity index (χ3n) is 5.05. The molecule has 13 heteroatoms. The monoisotopic (exact) mass is 587 g/mol. The molecular weight excluding hydrogens is 570 g/mol. The van der Waals surface area contributed by atoms with Gasteiger partial charge >= 0.3 is 18.0 Å². The molecule has 3 rings (SSSR count). The van der Waals surface area contributed by atoms with Crippen molar-refractivity contribution in [2.75, 3.05) is 12.4 Å². The maximum absolute atomic E-state index is 12.9. The van der Waals surface area contributed by atoms with E-state index in [2.05, 4.69) is 5.10 Å². The van der Waals surface area contributed by atoms with Crippen molar-refractivity contribution in [3.8, 4) is 11.5 Å². The van der Waals surface area contributed by atoms with Crippen molar-refractivity contribution in [2.24, 2.45) is 5.10 Å². The highest BCUT2D eigenvalue weighted by molar-refractivity contribution is 6.41. The summed E-state index contributed by atoms with van der Waals surface area (Å²) in [4.78, 5) is 24.3. The van der Waals surface area contributed by atoms with E-state index >= 15 is 0 Å². The van der Waals surface area contributed by atoms with Crippen LogP contribution in [0.2, 0.25) is 15.1 Å². The van der Waals surface area contributed by atoms with E-state index in [4.69, 9.17) is 44.3 Å². The Morgan fingerprint density at radius 3 is 2.32 bits per heavy atom. The van der Waals surface area contributed by atoms with Crippen molar-refractivity contribution in [1.29, 1.82) is 0 Å². The SMILES string of the molecule is COc1cc(/C(C)=N/NC(=O)C(=O)Nc2cc(C(F)(F)F)ccc2Cl)ccc1OCc1ccc(Cl)cc1Cl. The molecule has 7 nitrogen and oxygen atoms in total. The highest BCUT2D eigenvalue weighted by atomic mass is 35.5. The number of hydrogen-bond acceptors (Lipinski definition) is 5. The lowest BCUT2D eigenvalue weighted by Crippen LogP contribution is -2.33. The van der Waals surface area contributed by atoms with Crippen LogP contribution in [0, 0.1) is 0 Å². The number of halogens is 6. The molecule has 38 heavy (non-hydrogen) atoms. The normalized spacial score (nSPS) is 11.6. The summed E-state index contributed by atoms with van der Waals surface area (Å²) in [7, 11) is 1.44. The number of carbonyl (C=O) groups excluding carboxylic acids is 2. The average Bonchev–Trinajstić information content (AvgIpc) is 2.87. The molecule has 3 aromatic rings. The van der Waals surface area contributed by atoms with Gasteiger partial charge in [-0.3, -0.25) is 9.59 Å². The molecule has 0 spiro atoms. The summed E-state index contributed by atoms with van der Waals surface area (Å²) in [5.41, 5.74) is 2.18. The fourth-order valence-corrected chi connectivity index (χ4v) is 3.66. The number of ether oxygens (including phenoxy) is 2. The largest absolute Gasteiger partial charge is 0.493 e. The number of amides is 2. The van der Waals surface area contributed by atoms with Gasteiger partial charge in [0.05, 0.1) is 29.1 Å². The van der Waals surface area contributed by atoms with Gasteiger partial charge in [0, 0.05) is 21.2 Å². The van der Waals surface area contributed by atoms with Crippen LogP contribution < -0.4 is 20.2 Å². The van der Waals surface area contributed by atoms with E-state index in [1.54, 1.807) is 43.3 Å². The Labute approximate surface area is 230 Å². The molecule has 3 aromatic carbocycles. The van der Waals surface area contributed by atoms with Crippen LogP contribution in [-0.2, 0) is 22.4 Å². The summed E-state index contributed by atoms with van der Waals surface area (Å²) in [6, 6.07) is 12.2. The fraction of sp³-hybridized carbons (Fsp3) is 0.160. The van der Waals surface area contributed by atoms with E-state index in [0.717, 1.165) is 12.1 Å². The maximum atomic E-state index is 12.9. The first kappa shape index (κ1) is 29.1. The van der Waals surface area contributed by atoms with Gasteiger partial charge in [0.15, 0.2) is 11.5 Å². The van der Waals surface area contributed by atoms with Gasteiger partial charge in [-0.1, -0.05) is 40.9 Å². The average molecular weight is 589 g/mol. The molecule has 0 aliphatic rings. The Bertz CT molecular complexity index is 1400. The van der Waals surface area contributed by atoms with Gasteiger partial charge in [-0.25, -0.2) is 5.43 Å². The van der Waals surface area contributed by atoms with E-state index in [1.807, 2.05) is 10.7 Å². The van der Waals surface area contributed by atoms with Crippen LogP contribution in [-0.4, -0.2) is 24.6 Å². The van der Waals surface area contributed by atoms with Crippen molar-refractivity contribution in [3.05, 3.63) is 86.4 Å². The fourth-order valence-electron chi connectivity index (χ4n) is 3.03. The lowest BCUT2D eigenvalue weighted by atomic mass is 10.1. The lowest BCUT2D eigenvalue weighted by Gasteiger charge is -2.13. The predicted molar refractivity (Wildman–Crippen MR) is 139 cm³/mol. The molecule has 0 aliphatic carbocycles. The number of nitrogens with zero attached hydrogens (tertiary/aromatic N) is 1. The molecule has 0 aliphatic heterocycles. The standard InChI is InChI=1S/C25H19Cl3F3N3O4/c1-13(33-34-24(36)23(35)32-20-10-16(25(29,30)31)5-7-18(20)27)14-4-8-21(22(9-14)37-2)38-12-15-3-6-17(26)11-19(15)28/h3-11H,12H2,1-2H3,(H,32,35)(H,34,36)/b33-13+. The Morgan fingerprint density at radius 2 is 1.66 bits per heavy atom. The van der Waals surface area contributed by atoms with Crippen LogP contribution >= 0.6 is 34.8 Å². The van der Waals surface area contributed by atoms with Crippen molar-refractivity contribution in [2.45, 2.75) is 19.7 Å². The molecule has 0 aromatic heterocycles. The first-order valence-electron chi connectivity index (χ1n) is 10.7. The number of rotatable bonds is 7. The van der Waals surface area contributed by atoms with Gasteiger partial charge in [-0.15, -0.1) is 0 Å². The van der Waals surface area contributed by atoms with E-state index in [1.165, 1.54) is 7.11 Å². The molecule has 0 fully saturated rings. The Hall–Kier alpha value is -3.47. The van der Waals surface area contributed by atoms with Gasteiger partial charge in [-0.05, 0) is 55.5 Å². The van der Waals surface area contributed by atoms with Gasteiger partial charge < -0.3 is 14.8 Å². The van der Waals surface area contributed by atoms with Crippen LogP contribution in [0.1, 0.15) is 23.6 Å². The predicted octanol–water partition coefficient (Wildman–Crippen LogP) is 6.73. The number of benzene rings is 3. The number of hydrogen-bond donors (Lipinski definition) is 2. The van der Waals surface area contributed by atoms with E-state index in [-0.39, 0.29) is 17.3 Å². The van der Waals surface area contributed by atoms with Crippen LogP contribution in [0.3, 0.4) is 0 Å². The van der Waals surface area contributed by atoms with Crippen LogP contribution in [0.5, 0.6) is 11.5 Å². The van der Waals surface area contributed by atoms with Gasteiger partial charge in [0.1, 0.15) is 6.61 Å². The highest BCUT2D eigenvalue weighted by Gasteiger charge is 2.31. The zero-order chi connectivity index (χ0) is 28.0. The molecule has 0 saturated carbocycles. The number of nitrogens with one attached hydrogen (secondary N) is 2. The van der Waals surface area contributed by atoms with Gasteiger partial charge in [-0.2, -0.15) is 18.3 Å². The summed E-state index contributed by atoms with van der Waals surface area (Å²) in [5, 5.41) is 6.69. The molecule has 0 bridgehead atoms. The van der Waals surface area contributed by atoms with E-state index in [0.29, 0.717) is 44.4 Å². The topological polar surface area (TPSA) is 89.0 Å². The van der Waals surface area contributed by atoms with Gasteiger partial charge in [0.2, 0.25) is 0 Å². The number of hydrazone groups is 1. The minimum Gasteiger partial charge on any atom is -0.493 e. The minimum absolute atomic E-state index is 0.153. The van der Waals surface area contributed by atoms with Crippen LogP contribution in [0.15, 0.2) is 59.7 Å². The summed E-state index contributed by atoms with van der Waals surface area (Å²) in [6.45, 7) is 1.71. The zero-order valence-electron chi connectivity index (χ0n) is 19.8. The molecule has 2 amide bonds. The Balaban J connectivity index is 1.66. The number of alkyl halides is 3. The smallest absolute Gasteiger partial charge is 0.416 e. The van der Waals surface area contributed by atoms with Crippen molar-refractivity contribution < 1.29 is 32.2 Å². The molecule has 0 radical (unpaired) electrons. The summed E-state index contributed by atoms with van der Waals surface area (Å²) < 4.78 is 49.9. The highest BCUT2D eigenvalue weighted by Crippen LogP contribution is 2.34. The molecule has 0 heterocycles. The van der Waals surface area contributed by atoms with E-state index in [9.17, 15) is 22.8 Å². The van der Waals surface area contributed by atoms with E-state index < -0.39 is 23.6 Å². The molecular formula is C25H19Cl3F3N3O4. The quantitative estimate of drug-likeness (QED) is 0.182. The second kappa shape index (κ2) is 12.4. The summed E-state index contributed by atoms with van der Waals surface area (Å²) in [5.74, 6) is -1.70. The zero-order valence-corrected chi connectivity index (χ0v) is 22.0. The summed E-state index contributed by atoms with van der Waals surface area (Å²) in [6.07, 6.45) is -4.65. The Kier molecular flexibility index (Phi) is 9.48. The molecule has 0 unspecified atom stereocenters. The van der Waals surface area contributed by atoms with Crippen molar-refractivity contribution in [3.63, 3.8) is 0 Å². The first-order valence-corrected chi connectivity index (χ1v) is 11.8. The second-order valence-electron chi connectivity index (χ2n) is 7.67. The molecule has 2 N–H and O–H groups in total. The second-order valence-corrected chi connectivity index (χ2v) is 8.93. The number of anilines is 1. The van der Waals surface area contributed by atoms with Crippen molar-refractivity contribution in [1.82, 2.24) is 5.43 Å². The first-order chi connectivity index (χ1) is 17.9. The molecule has 200 valence electrons. The van der Waals surface area contributed by atoms with Crippen LogP contribution in [0.25, 0.3) is 0 Å². The third-order valence-corrected chi connectivity index (χ3v) is 5.97. The summed E-state index contributed by atoms with van der Waals surface area (Å²) >= 11 is 17.9. The van der Waals surface area contributed by atoms with Crippen molar-refractivity contribution >= 4 is 58.0 Å². The maximum Gasteiger partial charge on any atom is 0.416 e. The minimum atomic E-state index is -4.65.